The van der Waals surface area contributed by atoms with Gasteiger partial charge in [0.15, 0.2) is 0 Å². The Hall–Kier alpha value is -1.65. The predicted molar refractivity (Wildman–Crippen MR) is 84.3 cm³/mol. The van der Waals surface area contributed by atoms with E-state index in [1.165, 1.54) is 5.56 Å². The molecule has 3 rings (SSSR count). The van der Waals surface area contributed by atoms with Gasteiger partial charge >= 0.3 is 0 Å². The Morgan fingerprint density at radius 1 is 1.05 bits per heavy atom. The van der Waals surface area contributed by atoms with E-state index in [9.17, 15) is 8.42 Å². The SMILES string of the molecule is CC1c2ccccc2CCN1S(=O)(=O)Cc1ccccc1. The molecule has 21 heavy (non-hydrogen) atoms. The van der Waals surface area contributed by atoms with Crippen molar-refractivity contribution in [1.29, 1.82) is 0 Å². The first-order chi connectivity index (χ1) is 10.1. The zero-order valence-electron chi connectivity index (χ0n) is 12.1. The molecule has 1 atom stereocenters. The first kappa shape index (κ1) is 14.3. The molecule has 0 aromatic heterocycles. The Labute approximate surface area is 126 Å². The van der Waals surface area contributed by atoms with Crippen LogP contribution in [-0.4, -0.2) is 19.3 Å². The van der Waals surface area contributed by atoms with Crippen molar-refractivity contribution in [2.45, 2.75) is 25.1 Å². The van der Waals surface area contributed by atoms with E-state index in [4.69, 9.17) is 0 Å². The maximum atomic E-state index is 12.7. The van der Waals surface area contributed by atoms with E-state index in [1.54, 1.807) is 4.31 Å². The molecule has 0 bridgehead atoms. The van der Waals surface area contributed by atoms with Gasteiger partial charge in [-0.2, -0.15) is 4.31 Å². The highest BCUT2D eigenvalue weighted by atomic mass is 32.2. The van der Waals surface area contributed by atoms with Gasteiger partial charge in [-0.1, -0.05) is 54.6 Å². The van der Waals surface area contributed by atoms with Gasteiger partial charge in [-0.25, -0.2) is 8.42 Å². The van der Waals surface area contributed by atoms with Gasteiger partial charge in [0.1, 0.15) is 0 Å². The van der Waals surface area contributed by atoms with Gasteiger partial charge in [-0.05, 0) is 30.0 Å². The third kappa shape index (κ3) is 2.87. The number of fused-ring (bicyclic) bond motifs is 1. The topological polar surface area (TPSA) is 37.4 Å². The van der Waals surface area contributed by atoms with Crippen LogP contribution in [0.15, 0.2) is 54.6 Å². The van der Waals surface area contributed by atoms with Gasteiger partial charge in [0.05, 0.1) is 5.75 Å². The maximum Gasteiger partial charge on any atom is 0.218 e. The van der Waals surface area contributed by atoms with Crippen LogP contribution < -0.4 is 0 Å². The number of nitrogens with zero attached hydrogens (tertiary/aromatic N) is 1. The molecule has 1 aliphatic rings. The molecule has 1 aliphatic heterocycles. The summed E-state index contributed by atoms with van der Waals surface area (Å²) in [5.41, 5.74) is 3.22. The van der Waals surface area contributed by atoms with E-state index < -0.39 is 10.0 Å². The summed E-state index contributed by atoms with van der Waals surface area (Å²) in [6.45, 7) is 2.54. The van der Waals surface area contributed by atoms with E-state index in [0.717, 1.165) is 17.5 Å². The molecule has 2 aromatic carbocycles. The summed E-state index contributed by atoms with van der Waals surface area (Å²) in [7, 11) is -3.29. The van der Waals surface area contributed by atoms with Crippen molar-refractivity contribution in [1.82, 2.24) is 4.31 Å². The molecule has 0 saturated heterocycles. The summed E-state index contributed by atoms with van der Waals surface area (Å²) in [5.74, 6) is 0.0698. The monoisotopic (exact) mass is 301 g/mol. The van der Waals surface area contributed by atoms with Crippen molar-refractivity contribution in [2.24, 2.45) is 0 Å². The lowest BCUT2D eigenvalue weighted by Crippen LogP contribution is -2.39. The molecule has 2 aromatic rings. The highest BCUT2D eigenvalue weighted by Gasteiger charge is 2.32. The van der Waals surface area contributed by atoms with Gasteiger partial charge < -0.3 is 0 Å². The minimum Gasteiger partial charge on any atom is -0.212 e. The van der Waals surface area contributed by atoms with Crippen molar-refractivity contribution in [3.8, 4) is 0 Å². The minimum atomic E-state index is -3.29. The van der Waals surface area contributed by atoms with Gasteiger partial charge in [0.2, 0.25) is 10.0 Å². The van der Waals surface area contributed by atoms with Crippen molar-refractivity contribution in [3.05, 3.63) is 71.3 Å². The van der Waals surface area contributed by atoms with Crippen molar-refractivity contribution in [3.63, 3.8) is 0 Å². The molecular weight excluding hydrogens is 282 g/mol. The Morgan fingerprint density at radius 2 is 1.71 bits per heavy atom. The van der Waals surface area contributed by atoms with Crippen LogP contribution >= 0.6 is 0 Å². The second-order valence-electron chi connectivity index (χ2n) is 5.48. The van der Waals surface area contributed by atoms with E-state index in [2.05, 4.69) is 6.07 Å². The average molecular weight is 301 g/mol. The van der Waals surface area contributed by atoms with Gasteiger partial charge in [0, 0.05) is 12.6 Å². The quantitative estimate of drug-likeness (QED) is 0.873. The molecule has 0 radical (unpaired) electrons. The second kappa shape index (κ2) is 5.62. The normalized spacial score (nSPS) is 19.2. The fourth-order valence-electron chi connectivity index (χ4n) is 3.00. The number of rotatable bonds is 3. The smallest absolute Gasteiger partial charge is 0.212 e. The summed E-state index contributed by atoms with van der Waals surface area (Å²) >= 11 is 0. The number of benzene rings is 2. The summed E-state index contributed by atoms with van der Waals surface area (Å²) in [4.78, 5) is 0. The lowest BCUT2D eigenvalue weighted by atomic mass is 9.96. The van der Waals surface area contributed by atoms with Crippen LogP contribution in [0.5, 0.6) is 0 Å². The van der Waals surface area contributed by atoms with E-state index in [1.807, 2.05) is 55.5 Å². The molecule has 0 saturated carbocycles. The molecule has 0 fully saturated rings. The molecule has 0 N–H and O–H groups in total. The first-order valence-electron chi connectivity index (χ1n) is 7.19. The molecule has 4 heteroatoms. The largest absolute Gasteiger partial charge is 0.218 e. The fraction of sp³-hybridized carbons (Fsp3) is 0.294. The van der Waals surface area contributed by atoms with E-state index in [-0.39, 0.29) is 11.8 Å². The highest BCUT2D eigenvalue weighted by Crippen LogP contribution is 2.32. The molecule has 110 valence electrons. The lowest BCUT2D eigenvalue weighted by Gasteiger charge is -2.34. The zero-order valence-corrected chi connectivity index (χ0v) is 12.9. The molecule has 1 unspecified atom stereocenters. The number of hydrogen-bond donors (Lipinski definition) is 0. The Morgan fingerprint density at radius 3 is 2.48 bits per heavy atom. The van der Waals surface area contributed by atoms with Crippen LogP contribution in [0.3, 0.4) is 0 Å². The highest BCUT2D eigenvalue weighted by molar-refractivity contribution is 7.88. The summed E-state index contributed by atoms with van der Waals surface area (Å²) < 4.78 is 27.0. The molecule has 3 nitrogen and oxygen atoms in total. The van der Waals surface area contributed by atoms with Crippen LogP contribution in [0, 0.1) is 0 Å². The van der Waals surface area contributed by atoms with E-state index >= 15 is 0 Å². The lowest BCUT2D eigenvalue weighted by molar-refractivity contribution is 0.326. The van der Waals surface area contributed by atoms with Gasteiger partial charge in [-0.3, -0.25) is 0 Å². The summed E-state index contributed by atoms with van der Waals surface area (Å²) in [6, 6.07) is 17.4. The third-order valence-corrected chi connectivity index (χ3v) is 6.00. The molecular formula is C17H19NO2S. The zero-order chi connectivity index (χ0) is 14.9. The Kier molecular flexibility index (Phi) is 3.83. The van der Waals surface area contributed by atoms with Crippen molar-refractivity contribution < 1.29 is 8.42 Å². The van der Waals surface area contributed by atoms with Crippen LogP contribution in [-0.2, 0) is 22.2 Å². The molecule has 0 aliphatic carbocycles. The molecule has 0 amide bonds. The Balaban J connectivity index is 1.87. The second-order valence-corrected chi connectivity index (χ2v) is 7.40. The first-order valence-corrected chi connectivity index (χ1v) is 8.80. The van der Waals surface area contributed by atoms with Gasteiger partial charge in [-0.15, -0.1) is 0 Å². The maximum absolute atomic E-state index is 12.7. The predicted octanol–water partition coefficient (Wildman–Crippen LogP) is 3.14. The number of sulfonamides is 1. The molecule has 1 heterocycles. The van der Waals surface area contributed by atoms with Crippen molar-refractivity contribution in [2.75, 3.05) is 6.54 Å². The summed E-state index contributed by atoms with van der Waals surface area (Å²) in [5, 5.41) is 0. The van der Waals surface area contributed by atoms with Crippen LogP contribution in [0.25, 0.3) is 0 Å². The Bertz CT molecular complexity index is 725. The fourth-order valence-corrected chi connectivity index (χ4v) is 4.74. The van der Waals surface area contributed by atoms with Crippen molar-refractivity contribution >= 4 is 10.0 Å². The van der Waals surface area contributed by atoms with Gasteiger partial charge in [0.25, 0.3) is 0 Å². The number of hydrogen-bond acceptors (Lipinski definition) is 2. The van der Waals surface area contributed by atoms with Crippen LogP contribution in [0.2, 0.25) is 0 Å². The summed E-state index contributed by atoms with van der Waals surface area (Å²) in [6.07, 6.45) is 0.786. The standard InChI is InChI=1S/C17H19NO2S/c1-14-17-10-6-5-9-16(17)11-12-18(14)21(19,20)13-15-7-3-2-4-8-15/h2-10,14H,11-13H2,1H3. The van der Waals surface area contributed by atoms with Crippen LogP contribution in [0.4, 0.5) is 0 Å². The minimum absolute atomic E-state index is 0.0698. The van der Waals surface area contributed by atoms with E-state index in [0.29, 0.717) is 6.54 Å². The third-order valence-electron chi connectivity index (χ3n) is 4.09. The molecule has 0 spiro atoms. The van der Waals surface area contributed by atoms with Crippen LogP contribution in [0.1, 0.15) is 29.7 Å². The average Bonchev–Trinajstić information content (AvgIpc) is 2.48.